The topological polar surface area (TPSA) is 27.7 Å². The van der Waals surface area contributed by atoms with E-state index in [1.54, 1.807) is 0 Å². The number of nitrogens with zero attached hydrogens (tertiary/aromatic N) is 2. The summed E-state index contributed by atoms with van der Waals surface area (Å²) in [5.41, 5.74) is 0. The second kappa shape index (κ2) is 6.55. The predicted octanol–water partition coefficient (Wildman–Crippen LogP) is -0.140. The van der Waals surface area contributed by atoms with Gasteiger partial charge in [-0.2, -0.15) is 0 Å². The molecule has 0 aliphatic carbocycles. The van der Waals surface area contributed by atoms with Gasteiger partial charge >= 0.3 is 0 Å². The van der Waals surface area contributed by atoms with Gasteiger partial charge in [0.15, 0.2) is 0 Å². The summed E-state index contributed by atoms with van der Waals surface area (Å²) in [5, 5.41) is 3.39. The smallest absolute Gasteiger partial charge is 0.0507 e. The number of ether oxygens (including phenoxy) is 1. The Bertz CT molecular complexity index is 189. The van der Waals surface area contributed by atoms with E-state index in [1.807, 2.05) is 0 Å². The molecule has 2 aliphatic rings. The highest BCUT2D eigenvalue weighted by Crippen LogP contribution is 2.12. The first-order valence-corrected chi connectivity index (χ1v) is 6.54. The van der Waals surface area contributed by atoms with E-state index in [4.69, 9.17) is 4.74 Å². The van der Waals surface area contributed by atoms with Crippen LogP contribution in [0.1, 0.15) is 6.42 Å². The minimum absolute atomic E-state index is 0.771. The predicted molar refractivity (Wildman–Crippen MR) is 65.7 cm³/mol. The molecule has 1 atom stereocenters. The number of piperazine rings is 1. The summed E-state index contributed by atoms with van der Waals surface area (Å²) in [5.74, 6) is 0.771. The van der Waals surface area contributed by atoms with E-state index in [9.17, 15) is 0 Å². The SMILES string of the molecule is CN(CCN1CCNCC1)CC1CCOC1. The van der Waals surface area contributed by atoms with Crippen molar-refractivity contribution in [2.75, 3.05) is 66.1 Å². The molecule has 4 heteroatoms. The van der Waals surface area contributed by atoms with Crippen molar-refractivity contribution in [1.82, 2.24) is 15.1 Å². The lowest BCUT2D eigenvalue weighted by molar-refractivity contribution is 0.164. The van der Waals surface area contributed by atoms with Crippen LogP contribution < -0.4 is 5.32 Å². The zero-order chi connectivity index (χ0) is 11.2. The molecule has 0 spiro atoms. The maximum atomic E-state index is 5.41. The van der Waals surface area contributed by atoms with E-state index >= 15 is 0 Å². The van der Waals surface area contributed by atoms with Gasteiger partial charge in [-0.25, -0.2) is 0 Å². The molecule has 2 heterocycles. The minimum Gasteiger partial charge on any atom is -0.381 e. The monoisotopic (exact) mass is 227 g/mol. The maximum Gasteiger partial charge on any atom is 0.0507 e. The maximum absolute atomic E-state index is 5.41. The molecular formula is C12H25N3O. The largest absolute Gasteiger partial charge is 0.381 e. The Morgan fingerprint density at radius 1 is 1.38 bits per heavy atom. The number of likely N-dealkylation sites (N-methyl/N-ethyl adjacent to an activating group) is 1. The molecule has 94 valence electrons. The zero-order valence-electron chi connectivity index (χ0n) is 10.5. The molecule has 0 amide bonds. The molecular weight excluding hydrogens is 202 g/mol. The van der Waals surface area contributed by atoms with Gasteiger partial charge in [-0.1, -0.05) is 0 Å². The third kappa shape index (κ3) is 4.01. The van der Waals surface area contributed by atoms with Gasteiger partial charge in [-0.05, 0) is 19.4 Å². The molecule has 4 nitrogen and oxygen atoms in total. The van der Waals surface area contributed by atoms with Gasteiger partial charge in [0.2, 0.25) is 0 Å². The van der Waals surface area contributed by atoms with E-state index in [0.29, 0.717) is 0 Å². The van der Waals surface area contributed by atoms with Gasteiger partial charge < -0.3 is 15.0 Å². The van der Waals surface area contributed by atoms with Crippen LogP contribution in [0.5, 0.6) is 0 Å². The fourth-order valence-corrected chi connectivity index (χ4v) is 2.51. The Labute approximate surface area is 98.9 Å². The summed E-state index contributed by atoms with van der Waals surface area (Å²) < 4.78 is 5.41. The summed E-state index contributed by atoms with van der Waals surface area (Å²) in [4.78, 5) is 5.01. The number of nitrogens with one attached hydrogen (secondary N) is 1. The van der Waals surface area contributed by atoms with Crippen LogP contribution in [0.3, 0.4) is 0 Å². The van der Waals surface area contributed by atoms with Crippen LogP contribution in [0.25, 0.3) is 0 Å². The highest BCUT2D eigenvalue weighted by molar-refractivity contribution is 4.71. The lowest BCUT2D eigenvalue weighted by Crippen LogP contribution is -2.46. The highest BCUT2D eigenvalue weighted by Gasteiger charge is 2.17. The normalized spacial score (nSPS) is 27.8. The molecule has 2 rings (SSSR count). The average Bonchev–Trinajstić information content (AvgIpc) is 2.81. The molecule has 0 radical (unpaired) electrons. The summed E-state index contributed by atoms with van der Waals surface area (Å²) >= 11 is 0. The quantitative estimate of drug-likeness (QED) is 0.707. The highest BCUT2D eigenvalue weighted by atomic mass is 16.5. The molecule has 1 unspecified atom stereocenters. The first kappa shape index (κ1) is 12.3. The molecule has 2 aliphatic heterocycles. The van der Waals surface area contributed by atoms with Crippen LogP contribution in [0.15, 0.2) is 0 Å². The van der Waals surface area contributed by atoms with Crippen molar-refractivity contribution in [3.63, 3.8) is 0 Å². The molecule has 16 heavy (non-hydrogen) atoms. The lowest BCUT2D eigenvalue weighted by atomic mass is 10.1. The van der Waals surface area contributed by atoms with Crippen LogP contribution >= 0.6 is 0 Å². The van der Waals surface area contributed by atoms with Gasteiger partial charge in [0, 0.05) is 52.4 Å². The molecule has 2 fully saturated rings. The van der Waals surface area contributed by atoms with E-state index in [-0.39, 0.29) is 0 Å². The van der Waals surface area contributed by atoms with Gasteiger partial charge in [-0.15, -0.1) is 0 Å². The van der Waals surface area contributed by atoms with Crippen molar-refractivity contribution in [1.29, 1.82) is 0 Å². The molecule has 0 bridgehead atoms. The fourth-order valence-electron chi connectivity index (χ4n) is 2.51. The summed E-state index contributed by atoms with van der Waals surface area (Å²) in [6, 6.07) is 0. The molecule has 2 saturated heterocycles. The van der Waals surface area contributed by atoms with E-state index in [2.05, 4.69) is 22.2 Å². The van der Waals surface area contributed by atoms with Gasteiger partial charge in [0.1, 0.15) is 0 Å². The minimum atomic E-state index is 0.771. The van der Waals surface area contributed by atoms with Crippen LogP contribution in [0, 0.1) is 5.92 Å². The number of hydrogen-bond donors (Lipinski definition) is 1. The average molecular weight is 227 g/mol. The molecule has 0 saturated carbocycles. The third-order valence-corrected chi connectivity index (χ3v) is 3.60. The van der Waals surface area contributed by atoms with Gasteiger partial charge in [0.25, 0.3) is 0 Å². The summed E-state index contributed by atoms with van der Waals surface area (Å²) in [7, 11) is 2.24. The number of rotatable bonds is 5. The Morgan fingerprint density at radius 3 is 2.88 bits per heavy atom. The summed E-state index contributed by atoms with van der Waals surface area (Å²) in [6.45, 7) is 10.3. The first-order valence-electron chi connectivity index (χ1n) is 6.54. The molecule has 1 N–H and O–H groups in total. The Kier molecular flexibility index (Phi) is 5.03. The van der Waals surface area contributed by atoms with E-state index in [0.717, 1.165) is 32.2 Å². The first-order chi connectivity index (χ1) is 7.84. The second-order valence-electron chi connectivity index (χ2n) is 5.08. The van der Waals surface area contributed by atoms with Gasteiger partial charge in [-0.3, -0.25) is 4.90 Å². The Morgan fingerprint density at radius 2 is 2.19 bits per heavy atom. The summed E-state index contributed by atoms with van der Waals surface area (Å²) in [6.07, 6.45) is 1.25. The standard InChI is InChI=1S/C12H25N3O/c1-14(10-12-2-9-16-11-12)7-8-15-5-3-13-4-6-15/h12-13H,2-11H2,1H3. The van der Waals surface area contributed by atoms with Crippen LogP contribution in [0.2, 0.25) is 0 Å². The van der Waals surface area contributed by atoms with Gasteiger partial charge in [0.05, 0.1) is 6.61 Å². The number of hydrogen-bond acceptors (Lipinski definition) is 4. The third-order valence-electron chi connectivity index (χ3n) is 3.60. The van der Waals surface area contributed by atoms with Crippen LogP contribution in [0.4, 0.5) is 0 Å². The Hall–Kier alpha value is -0.160. The van der Waals surface area contributed by atoms with Crippen molar-refractivity contribution in [3.05, 3.63) is 0 Å². The Balaban J connectivity index is 1.57. The zero-order valence-corrected chi connectivity index (χ0v) is 10.5. The fraction of sp³-hybridized carbons (Fsp3) is 1.00. The van der Waals surface area contributed by atoms with Crippen molar-refractivity contribution in [2.45, 2.75) is 6.42 Å². The van der Waals surface area contributed by atoms with E-state index in [1.165, 1.54) is 39.1 Å². The van der Waals surface area contributed by atoms with Crippen molar-refractivity contribution in [2.24, 2.45) is 5.92 Å². The second-order valence-corrected chi connectivity index (χ2v) is 5.08. The lowest BCUT2D eigenvalue weighted by Gasteiger charge is -2.29. The van der Waals surface area contributed by atoms with Crippen molar-refractivity contribution in [3.8, 4) is 0 Å². The van der Waals surface area contributed by atoms with Crippen molar-refractivity contribution < 1.29 is 4.74 Å². The van der Waals surface area contributed by atoms with Crippen LogP contribution in [-0.4, -0.2) is 75.9 Å². The van der Waals surface area contributed by atoms with Crippen molar-refractivity contribution >= 4 is 0 Å². The molecule has 0 aromatic rings. The van der Waals surface area contributed by atoms with Crippen LogP contribution in [-0.2, 0) is 4.74 Å². The molecule has 0 aromatic heterocycles. The molecule has 0 aromatic carbocycles. The van der Waals surface area contributed by atoms with E-state index < -0.39 is 0 Å².